The number of hydrogen-bond acceptors (Lipinski definition) is 5. The van der Waals surface area contributed by atoms with E-state index in [9.17, 15) is 4.79 Å². The predicted molar refractivity (Wildman–Crippen MR) is 55.9 cm³/mol. The second-order valence-electron chi connectivity index (χ2n) is 4.87. The molecule has 88 valence electrons. The molecule has 0 saturated carbocycles. The summed E-state index contributed by atoms with van der Waals surface area (Å²) in [7, 11) is 1.58. The van der Waals surface area contributed by atoms with Crippen LogP contribution in [0.5, 0.6) is 0 Å². The number of carbonyl (C=O) groups is 1. The Balaban J connectivity index is 2.59. The van der Waals surface area contributed by atoms with Crippen molar-refractivity contribution in [3.63, 3.8) is 0 Å². The first-order chi connectivity index (χ1) is 6.83. The minimum absolute atomic E-state index is 0.162. The van der Waals surface area contributed by atoms with Crippen LogP contribution in [0.1, 0.15) is 20.8 Å². The third kappa shape index (κ3) is 3.44. The fourth-order valence-corrected chi connectivity index (χ4v) is 1.65. The second-order valence-corrected chi connectivity index (χ2v) is 4.87. The van der Waals surface area contributed by atoms with Crippen molar-refractivity contribution in [1.82, 2.24) is 5.01 Å². The van der Waals surface area contributed by atoms with Gasteiger partial charge in [-0.1, -0.05) is 0 Å². The third-order valence-corrected chi connectivity index (χ3v) is 2.31. The summed E-state index contributed by atoms with van der Waals surface area (Å²) >= 11 is 0. The molecule has 0 aromatic heterocycles. The SMILES string of the molecule is COC1CN(N)CC1C(=O)OC(C)(C)C. The number of hydrazine groups is 1. The fraction of sp³-hybridized carbons (Fsp3) is 0.900. The molecule has 1 fully saturated rings. The number of hydrogen-bond donors (Lipinski definition) is 1. The molecular formula is C10H20N2O3. The van der Waals surface area contributed by atoms with Gasteiger partial charge in [0, 0.05) is 20.2 Å². The van der Waals surface area contributed by atoms with Gasteiger partial charge in [-0.3, -0.25) is 10.6 Å². The summed E-state index contributed by atoms with van der Waals surface area (Å²) in [6.45, 7) is 6.61. The van der Waals surface area contributed by atoms with Crippen LogP contribution in [-0.2, 0) is 14.3 Å². The normalized spacial score (nSPS) is 28.1. The molecule has 1 aliphatic heterocycles. The van der Waals surface area contributed by atoms with Gasteiger partial charge in [-0.15, -0.1) is 0 Å². The molecule has 0 aromatic carbocycles. The molecule has 2 atom stereocenters. The summed E-state index contributed by atoms with van der Waals surface area (Å²) in [5, 5.41) is 1.59. The van der Waals surface area contributed by atoms with E-state index in [0.29, 0.717) is 13.1 Å². The highest BCUT2D eigenvalue weighted by Gasteiger charge is 2.39. The zero-order chi connectivity index (χ0) is 11.6. The molecule has 15 heavy (non-hydrogen) atoms. The Kier molecular flexibility index (Phi) is 3.70. The lowest BCUT2D eigenvalue weighted by atomic mass is 10.1. The smallest absolute Gasteiger partial charge is 0.313 e. The van der Waals surface area contributed by atoms with Crippen LogP contribution in [0.3, 0.4) is 0 Å². The maximum Gasteiger partial charge on any atom is 0.313 e. The lowest BCUT2D eigenvalue weighted by Gasteiger charge is -2.23. The minimum atomic E-state index is -0.461. The molecule has 0 amide bonds. The molecule has 1 rings (SSSR count). The number of nitrogens with two attached hydrogens (primary N) is 1. The maximum atomic E-state index is 11.8. The molecule has 2 N–H and O–H groups in total. The largest absolute Gasteiger partial charge is 0.460 e. The van der Waals surface area contributed by atoms with E-state index in [1.807, 2.05) is 20.8 Å². The quantitative estimate of drug-likeness (QED) is 0.526. The average Bonchev–Trinajstić information content (AvgIpc) is 2.43. The van der Waals surface area contributed by atoms with Crippen molar-refractivity contribution in [3.05, 3.63) is 0 Å². The summed E-state index contributed by atoms with van der Waals surface area (Å²) in [6, 6.07) is 0. The first-order valence-electron chi connectivity index (χ1n) is 5.09. The van der Waals surface area contributed by atoms with Crippen molar-refractivity contribution in [3.8, 4) is 0 Å². The van der Waals surface area contributed by atoms with Gasteiger partial charge in [0.1, 0.15) is 5.60 Å². The fourth-order valence-electron chi connectivity index (χ4n) is 1.65. The topological polar surface area (TPSA) is 64.8 Å². The number of rotatable bonds is 2. The summed E-state index contributed by atoms with van der Waals surface area (Å²) in [5.41, 5.74) is -0.461. The lowest BCUT2D eigenvalue weighted by Crippen LogP contribution is -2.35. The van der Waals surface area contributed by atoms with Crippen molar-refractivity contribution in [2.45, 2.75) is 32.5 Å². The molecule has 5 heteroatoms. The van der Waals surface area contributed by atoms with E-state index in [2.05, 4.69) is 0 Å². The molecule has 0 radical (unpaired) electrons. The van der Waals surface area contributed by atoms with E-state index in [1.54, 1.807) is 12.1 Å². The summed E-state index contributed by atoms with van der Waals surface area (Å²) in [6.07, 6.45) is -0.162. The highest BCUT2D eigenvalue weighted by atomic mass is 16.6. The Bertz CT molecular complexity index is 237. The van der Waals surface area contributed by atoms with Crippen molar-refractivity contribution < 1.29 is 14.3 Å². The average molecular weight is 216 g/mol. The van der Waals surface area contributed by atoms with Crippen LogP contribution in [0.25, 0.3) is 0 Å². The molecule has 0 spiro atoms. The van der Waals surface area contributed by atoms with E-state index < -0.39 is 5.60 Å². The van der Waals surface area contributed by atoms with Crippen LogP contribution in [0.2, 0.25) is 0 Å². The Morgan fingerprint density at radius 3 is 2.47 bits per heavy atom. The van der Waals surface area contributed by atoms with Gasteiger partial charge in [-0.05, 0) is 20.8 Å². The Morgan fingerprint density at radius 2 is 2.00 bits per heavy atom. The molecule has 1 aliphatic rings. The molecule has 0 bridgehead atoms. The molecule has 1 heterocycles. The zero-order valence-corrected chi connectivity index (χ0v) is 9.82. The van der Waals surface area contributed by atoms with Gasteiger partial charge in [-0.25, -0.2) is 5.01 Å². The van der Waals surface area contributed by atoms with E-state index in [1.165, 1.54) is 0 Å². The Labute approximate surface area is 90.5 Å². The minimum Gasteiger partial charge on any atom is -0.460 e. The summed E-state index contributed by atoms with van der Waals surface area (Å²) in [4.78, 5) is 11.8. The number of ether oxygens (including phenoxy) is 2. The van der Waals surface area contributed by atoms with Crippen molar-refractivity contribution >= 4 is 5.97 Å². The first kappa shape index (κ1) is 12.4. The Hall–Kier alpha value is -0.650. The molecule has 2 unspecified atom stereocenters. The van der Waals surface area contributed by atoms with Gasteiger partial charge in [0.15, 0.2) is 0 Å². The van der Waals surface area contributed by atoms with Gasteiger partial charge in [0.25, 0.3) is 0 Å². The van der Waals surface area contributed by atoms with Crippen LogP contribution in [-0.4, -0.2) is 42.9 Å². The highest BCUT2D eigenvalue weighted by Crippen LogP contribution is 2.21. The first-order valence-corrected chi connectivity index (χ1v) is 5.09. The lowest BCUT2D eigenvalue weighted by molar-refractivity contribution is -0.162. The van der Waals surface area contributed by atoms with Crippen LogP contribution < -0.4 is 5.84 Å². The number of methoxy groups -OCH3 is 1. The van der Waals surface area contributed by atoms with Crippen LogP contribution in [0, 0.1) is 5.92 Å². The van der Waals surface area contributed by atoms with E-state index >= 15 is 0 Å². The Morgan fingerprint density at radius 1 is 1.40 bits per heavy atom. The van der Waals surface area contributed by atoms with E-state index in [4.69, 9.17) is 15.3 Å². The summed E-state index contributed by atoms with van der Waals surface area (Å²) in [5.74, 6) is 5.13. The molecule has 0 aromatic rings. The van der Waals surface area contributed by atoms with Gasteiger partial charge >= 0.3 is 5.97 Å². The zero-order valence-electron chi connectivity index (χ0n) is 9.82. The monoisotopic (exact) mass is 216 g/mol. The van der Waals surface area contributed by atoms with E-state index in [-0.39, 0.29) is 18.0 Å². The summed E-state index contributed by atoms with van der Waals surface area (Å²) < 4.78 is 10.5. The maximum absolute atomic E-state index is 11.8. The van der Waals surface area contributed by atoms with Crippen molar-refractivity contribution in [1.29, 1.82) is 0 Å². The number of carbonyl (C=O) groups excluding carboxylic acids is 1. The molecular weight excluding hydrogens is 196 g/mol. The van der Waals surface area contributed by atoms with Crippen LogP contribution in [0.4, 0.5) is 0 Å². The van der Waals surface area contributed by atoms with Crippen LogP contribution >= 0.6 is 0 Å². The van der Waals surface area contributed by atoms with Gasteiger partial charge in [0.2, 0.25) is 0 Å². The van der Waals surface area contributed by atoms with Gasteiger partial charge < -0.3 is 9.47 Å². The number of nitrogens with zero attached hydrogens (tertiary/aromatic N) is 1. The van der Waals surface area contributed by atoms with Gasteiger partial charge in [-0.2, -0.15) is 0 Å². The van der Waals surface area contributed by atoms with Crippen molar-refractivity contribution in [2.24, 2.45) is 11.8 Å². The molecule has 1 saturated heterocycles. The predicted octanol–water partition coefficient (Wildman–Crippen LogP) is 0.149. The molecule has 0 aliphatic carbocycles. The third-order valence-electron chi connectivity index (χ3n) is 2.31. The van der Waals surface area contributed by atoms with Crippen molar-refractivity contribution in [2.75, 3.05) is 20.2 Å². The second kappa shape index (κ2) is 4.47. The van der Waals surface area contributed by atoms with Gasteiger partial charge in [0.05, 0.1) is 12.0 Å². The standard InChI is InChI=1S/C10H20N2O3/c1-10(2,3)15-9(13)7-5-12(11)6-8(7)14-4/h7-8H,5-6,11H2,1-4H3. The van der Waals surface area contributed by atoms with E-state index in [0.717, 1.165) is 0 Å². The molecule has 5 nitrogen and oxygen atoms in total. The van der Waals surface area contributed by atoms with Crippen LogP contribution in [0.15, 0.2) is 0 Å². The highest BCUT2D eigenvalue weighted by molar-refractivity contribution is 5.74. The number of esters is 1.